The zero-order chi connectivity index (χ0) is 14.4. The third-order valence-corrected chi connectivity index (χ3v) is 4.25. The predicted molar refractivity (Wildman–Crippen MR) is 85.6 cm³/mol. The minimum atomic E-state index is -0.165. The molecule has 110 valence electrons. The van der Waals surface area contributed by atoms with Gasteiger partial charge in [-0.05, 0) is 37.1 Å². The molecule has 0 bridgehead atoms. The summed E-state index contributed by atoms with van der Waals surface area (Å²) in [5, 5.41) is 2.89. The van der Waals surface area contributed by atoms with Gasteiger partial charge in [0.2, 0.25) is 5.91 Å². The Morgan fingerprint density at radius 1 is 1.20 bits per heavy atom. The van der Waals surface area contributed by atoms with Crippen LogP contribution < -0.4 is 10.2 Å². The summed E-state index contributed by atoms with van der Waals surface area (Å²) >= 11 is 5.69. The highest BCUT2D eigenvalue weighted by molar-refractivity contribution is 6.19. The Balaban J connectivity index is 1.97. The van der Waals surface area contributed by atoms with Crippen LogP contribution in [0.2, 0.25) is 0 Å². The lowest BCUT2D eigenvalue weighted by Gasteiger charge is -2.22. The highest BCUT2D eigenvalue weighted by Gasteiger charge is 2.12. The first-order valence-corrected chi connectivity index (χ1v) is 7.96. The number of hydrogen-bond acceptors (Lipinski definition) is 2. The predicted octanol–water partition coefficient (Wildman–Crippen LogP) is 3.88. The number of hydrogen-bond donors (Lipinski definition) is 1. The van der Waals surface area contributed by atoms with E-state index in [1.54, 1.807) is 0 Å². The Morgan fingerprint density at radius 2 is 1.80 bits per heavy atom. The molecule has 1 N–H and O–H groups in total. The normalized spacial score (nSPS) is 17.4. The van der Waals surface area contributed by atoms with Crippen molar-refractivity contribution in [1.29, 1.82) is 0 Å². The molecule has 1 unspecified atom stereocenters. The second kappa shape index (κ2) is 7.53. The van der Waals surface area contributed by atoms with Crippen LogP contribution >= 0.6 is 11.6 Å². The van der Waals surface area contributed by atoms with Gasteiger partial charge in [0.1, 0.15) is 0 Å². The summed E-state index contributed by atoms with van der Waals surface area (Å²) < 4.78 is 0. The summed E-state index contributed by atoms with van der Waals surface area (Å²) in [5.41, 5.74) is 2.08. The van der Waals surface area contributed by atoms with Crippen molar-refractivity contribution in [1.82, 2.24) is 0 Å². The summed E-state index contributed by atoms with van der Waals surface area (Å²) in [6, 6.07) is 8.12. The summed E-state index contributed by atoms with van der Waals surface area (Å²) in [4.78, 5) is 14.2. The summed E-state index contributed by atoms with van der Waals surface area (Å²) in [7, 11) is 0. The van der Waals surface area contributed by atoms with Crippen molar-refractivity contribution in [3.63, 3.8) is 0 Å². The first-order chi connectivity index (χ1) is 9.70. The van der Waals surface area contributed by atoms with E-state index in [0.29, 0.717) is 5.88 Å². The number of halogens is 1. The van der Waals surface area contributed by atoms with Crippen molar-refractivity contribution in [2.24, 2.45) is 5.92 Å². The molecule has 2 rings (SSSR count). The average molecular weight is 295 g/mol. The molecule has 4 heteroatoms. The van der Waals surface area contributed by atoms with Gasteiger partial charge in [0.15, 0.2) is 0 Å². The van der Waals surface area contributed by atoms with E-state index in [9.17, 15) is 4.79 Å². The van der Waals surface area contributed by atoms with Gasteiger partial charge >= 0.3 is 0 Å². The van der Waals surface area contributed by atoms with Crippen LogP contribution in [0, 0.1) is 5.92 Å². The maximum atomic E-state index is 11.8. The molecule has 0 aliphatic carbocycles. The van der Waals surface area contributed by atoms with Gasteiger partial charge in [-0.3, -0.25) is 4.79 Å². The van der Waals surface area contributed by atoms with E-state index in [1.807, 2.05) is 19.1 Å². The van der Waals surface area contributed by atoms with E-state index in [4.69, 9.17) is 11.6 Å². The lowest BCUT2D eigenvalue weighted by Crippen LogP contribution is -2.24. The van der Waals surface area contributed by atoms with Crippen LogP contribution in [0.15, 0.2) is 24.3 Å². The van der Waals surface area contributed by atoms with Crippen LogP contribution in [0.1, 0.15) is 32.6 Å². The van der Waals surface area contributed by atoms with Crippen LogP contribution in [-0.4, -0.2) is 24.9 Å². The van der Waals surface area contributed by atoms with Gasteiger partial charge in [-0.15, -0.1) is 11.6 Å². The Morgan fingerprint density at radius 3 is 2.35 bits per heavy atom. The minimum Gasteiger partial charge on any atom is -0.372 e. The molecular weight excluding hydrogens is 272 g/mol. The van der Waals surface area contributed by atoms with Crippen LogP contribution in [0.5, 0.6) is 0 Å². The Kier molecular flexibility index (Phi) is 5.72. The van der Waals surface area contributed by atoms with E-state index in [-0.39, 0.29) is 11.8 Å². The van der Waals surface area contributed by atoms with Crippen molar-refractivity contribution in [3.05, 3.63) is 24.3 Å². The fraction of sp³-hybridized carbons (Fsp3) is 0.562. The van der Waals surface area contributed by atoms with Gasteiger partial charge < -0.3 is 10.2 Å². The first-order valence-electron chi connectivity index (χ1n) is 7.42. The van der Waals surface area contributed by atoms with Crippen molar-refractivity contribution in [2.75, 3.05) is 29.2 Å². The van der Waals surface area contributed by atoms with Crippen LogP contribution in [0.25, 0.3) is 0 Å². The van der Waals surface area contributed by atoms with Gasteiger partial charge in [0.25, 0.3) is 0 Å². The zero-order valence-corrected chi connectivity index (χ0v) is 12.8. The quantitative estimate of drug-likeness (QED) is 0.855. The molecule has 0 spiro atoms. The van der Waals surface area contributed by atoms with Gasteiger partial charge in [-0.25, -0.2) is 0 Å². The third kappa shape index (κ3) is 4.14. The van der Waals surface area contributed by atoms with E-state index in [1.165, 1.54) is 31.4 Å². The van der Waals surface area contributed by atoms with Crippen LogP contribution in [0.4, 0.5) is 11.4 Å². The molecule has 1 aromatic carbocycles. The number of rotatable bonds is 4. The molecule has 1 fully saturated rings. The monoisotopic (exact) mass is 294 g/mol. The molecule has 1 aliphatic heterocycles. The fourth-order valence-corrected chi connectivity index (χ4v) is 2.56. The molecular formula is C16H23ClN2O. The number of nitrogens with one attached hydrogen (secondary N) is 1. The van der Waals surface area contributed by atoms with E-state index in [0.717, 1.165) is 18.8 Å². The zero-order valence-electron chi connectivity index (χ0n) is 12.1. The smallest absolute Gasteiger partial charge is 0.228 e. The Bertz CT molecular complexity index is 425. The second-order valence-electron chi connectivity index (χ2n) is 5.49. The second-order valence-corrected chi connectivity index (χ2v) is 5.80. The molecule has 1 atom stereocenters. The van der Waals surface area contributed by atoms with Crippen molar-refractivity contribution < 1.29 is 4.79 Å². The highest BCUT2D eigenvalue weighted by atomic mass is 35.5. The average Bonchev–Trinajstić information content (AvgIpc) is 2.76. The van der Waals surface area contributed by atoms with Crippen LogP contribution in [-0.2, 0) is 4.79 Å². The molecule has 0 radical (unpaired) electrons. The minimum absolute atomic E-state index is 0.0254. The molecule has 1 saturated heterocycles. The highest BCUT2D eigenvalue weighted by Crippen LogP contribution is 2.21. The van der Waals surface area contributed by atoms with Gasteiger partial charge in [0.05, 0.1) is 0 Å². The van der Waals surface area contributed by atoms with Crippen molar-refractivity contribution >= 4 is 28.9 Å². The largest absolute Gasteiger partial charge is 0.372 e. The summed E-state index contributed by atoms with van der Waals surface area (Å²) in [6.07, 6.45) is 5.21. The van der Waals surface area contributed by atoms with E-state index >= 15 is 0 Å². The number of amides is 1. The lowest BCUT2D eigenvalue weighted by atomic mass is 10.2. The van der Waals surface area contributed by atoms with E-state index < -0.39 is 0 Å². The fourth-order valence-electron chi connectivity index (χ4n) is 2.42. The third-order valence-electron chi connectivity index (χ3n) is 3.79. The topological polar surface area (TPSA) is 32.3 Å². The van der Waals surface area contributed by atoms with Crippen molar-refractivity contribution in [3.8, 4) is 0 Å². The van der Waals surface area contributed by atoms with Gasteiger partial charge in [0, 0.05) is 36.3 Å². The molecule has 3 nitrogen and oxygen atoms in total. The standard InChI is InChI=1S/C16H23ClN2O/c1-13(12-17)16(20)18-14-6-8-15(9-7-14)19-10-4-2-3-5-11-19/h6-9,13H,2-5,10-12H2,1H3,(H,18,20). The SMILES string of the molecule is CC(CCl)C(=O)Nc1ccc(N2CCCCCC2)cc1. The Labute approximate surface area is 126 Å². The maximum absolute atomic E-state index is 11.8. The number of alkyl halides is 1. The first kappa shape index (κ1) is 15.2. The molecule has 0 aromatic heterocycles. The van der Waals surface area contributed by atoms with E-state index in [2.05, 4.69) is 22.3 Å². The van der Waals surface area contributed by atoms with Crippen LogP contribution in [0.3, 0.4) is 0 Å². The number of carbonyl (C=O) groups is 1. The van der Waals surface area contributed by atoms with Crippen molar-refractivity contribution in [2.45, 2.75) is 32.6 Å². The molecule has 1 aliphatic rings. The number of carbonyl (C=O) groups excluding carboxylic acids is 1. The molecule has 1 heterocycles. The lowest BCUT2D eigenvalue weighted by molar-refractivity contribution is -0.118. The van der Waals surface area contributed by atoms with Gasteiger partial charge in [-0.2, -0.15) is 0 Å². The molecule has 20 heavy (non-hydrogen) atoms. The summed E-state index contributed by atoms with van der Waals surface area (Å²) in [6.45, 7) is 4.10. The Hall–Kier alpha value is -1.22. The molecule has 1 aromatic rings. The number of benzene rings is 1. The number of anilines is 2. The maximum Gasteiger partial charge on any atom is 0.228 e. The van der Waals surface area contributed by atoms with Gasteiger partial charge in [-0.1, -0.05) is 19.8 Å². The molecule has 0 saturated carbocycles. The number of nitrogens with zero attached hydrogens (tertiary/aromatic N) is 1. The molecule has 1 amide bonds. The summed E-state index contributed by atoms with van der Waals surface area (Å²) in [5.74, 6) is 0.155.